The lowest BCUT2D eigenvalue weighted by Crippen LogP contribution is -2.30. The average molecular weight is 406 g/mol. The summed E-state index contributed by atoms with van der Waals surface area (Å²) in [4.78, 5) is 53.4. The van der Waals surface area contributed by atoms with Crippen LogP contribution in [0.2, 0.25) is 0 Å². The fourth-order valence-corrected chi connectivity index (χ4v) is 2.86. The number of nitrogens with one attached hydrogen (secondary N) is 2. The zero-order valence-corrected chi connectivity index (χ0v) is 16.7. The first-order valence-corrected chi connectivity index (χ1v) is 9.53. The van der Waals surface area contributed by atoms with E-state index in [2.05, 4.69) is 15.6 Å². The number of hydrogen-bond acceptors (Lipinski definition) is 5. The zero-order chi connectivity index (χ0) is 21.7. The first kappa shape index (κ1) is 20.9. The second-order valence-corrected chi connectivity index (χ2v) is 7.24. The molecular formula is C22H22N4O4. The number of amides is 2. The summed E-state index contributed by atoms with van der Waals surface area (Å²) in [6, 6.07) is 11.7. The summed E-state index contributed by atoms with van der Waals surface area (Å²) < 4.78 is 1.19. The third-order valence-electron chi connectivity index (χ3n) is 4.34. The van der Waals surface area contributed by atoms with Crippen molar-refractivity contribution in [2.45, 2.75) is 20.3 Å². The molecule has 154 valence electrons. The van der Waals surface area contributed by atoms with E-state index in [0.717, 1.165) is 0 Å². The van der Waals surface area contributed by atoms with E-state index in [1.165, 1.54) is 28.9 Å². The Labute approximate surface area is 173 Å². The van der Waals surface area contributed by atoms with Crippen LogP contribution in [0.4, 0.5) is 5.69 Å². The molecule has 0 radical (unpaired) electrons. The Balaban J connectivity index is 1.77. The first-order chi connectivity index (χ1) is 14.3. The third-order valence-corrected chi connectivity index (χ3v) is 4.34. The highest BCUT2D eigenvalue weighted by molar-refractivity contribution is 6.02. The summed E-state index contributed by atoms with van der Waals surface area (Å²) in [7, 11) is 0. The van der Waals surface area contributed by atoms with Crippen molar-refractivity contribution in [3.63, 3.8) is 0 Å². The van der Waals surface area contributed by atoms with Crippen LogP contribution in [0.5, 0.6) is 0 Å². The molecule has 8 heteroatoms. The van der Waals surface area contributed by atoms with E-state index in [1.54, 1.807) is 30.3 Å². The summed E-state index contributed by atoms with van der Waals surface area (Å²) in [5.74, 6) is -0.853. The van der Waals surface area contributed by atoms with E-state index in [1.807, 2.05) is 13.8 Å². The zero-order valence-electron chi connectivity index (χ0n) is 16.7. The highest BCUT2D eigenvalue weighted by Crippen LogP contribution is 2.08. The topological polar surface area (TPSA) is 110 Å². The maximum absolute atomic E-state index is 12.7. The molecule has 3 rings (SSSR count). The Morgan fingerprint density at radius 1 is 1.03 bits per heavy atom. The molecule has 0 spiro atoms. The number of ketones is 1. The van der Waals surface area contributed by atoms with Crippen LogP contribution in [0.1, 0.15) is 41.0 Å². The lowest BCUT2D eigenvalue weighted by Gasteiger charge is -2.09. The Morgan fingerprint density at radius 2 is 1.77 bits per heavy atom. The molecule has 0 fully saturated rings. The standard InChI is InChI=1S/C22H22N4O4/c1-14(2)10-20(28)25-17-11-23-19-9-8-16(13-26(19)22(17)30)21(29)24-12-18(27)15-6-4-3-5-7-15/h3-9,11,13-14H,10,12H2,1-2H3,(H,24,29)(H,25,28). The number of carbonyl (C=O) groups excluding carboxylic acids is 3. The minimum atomic E-state index is -0.498. The smallest absolute Gasteiger partial charge is 0.281 e. The molecule has 2 N–H and O–H groups in total. The van der Waals surface area contributed by atoms with Crippen LogP contribution in [0.3, 0.4) is 0 Å². The van der Waals surface area contributed by atoms with Gasteiger partial charge in [0.1, 0.15) is 11.3 Å². The molecule has 0 aliphatic rings. The fourth-order valence-electron chi connectivity index (χ4n) is 2.86. The molecule has 0 saturated heterocycles. The van der Waals surface area contributed by atoms with Crippen LogP contribution in [0, 0.1) is 5.92 Å². The monoisotopic (exact) mass is 406 g/mol. The van der Waals surface area contributed by atoms with Crippen molar-refractivity contribution in [3.8, 4) is 0 Å². The van der Waals surface area contributed by atoms with Gasteiger partial charge in [0.15, 0.2) is 5.78 Å². The van der Waals surface area contributed by atoms with Gasteiger partial charge in [-0.15, -0.1) is 0 Å². The molecule has 2 amide bonds. The predicted molar refractivity (Wildman–Crippen MR) is 113 cm³/mol. The van der Waals surface area contributed by atoms with Crippen LogP contribution >= 0.6 is 0 Å². The molecule has 0 aliphatic carbocycles. The van der Waals surface area contributed by atoms with E-state index in [0.29, 0.717) is 11.2 Å². The number of rotatable bonds is 7. The van der Waals surface area contributed by atoms with E-state index < -0.39 is 11.5 Å². The second kappa shape index (κ2) is 9.13. The summed E-state index contributed by atoms with van der Waals surface area (Å²) in [5, 5.41) is 5.12. The van der Waals surface area contributed by atoms with E-state index in [9.17, 15) is 19.2 Å². The van der Waals surface area contributed by atoms with Crippen molar-refractivity contribution in [1.29, 1.82) is 0 Å². The molecule has 0 bridgehead atoms. The van der Waals surface area contributed by atoms with Gasteiger partial charge in [0.05, 0.1) is 18.3 Å². The number of fused-ring (bicyclic) bond motifs is 1. The van der Waals surface area contributed by atoms with E-state index in [4.69, 9.17) is 0 Å². The van der Waals surface area contributed by atoms with E-state index in [-0.39, 0.29) is 41.8 Å². The summed E-state index contributed by atoms with van der Waals surface area (Å²) in [6.45, 7) is 3.64. The van der Waals surface area contributed by atoms with Gasteiger partial charge in [-0.05, 0) is 18.1 Å². The third kappa shape index (κ3) is 4.96. The van der Waals surface area contributed by atoms with Crippen molar-refractivity contribution in [3.05, 3.63) is 76.3 Å². The molecule has 3 aromatic rings. The van der Waals surface area contributed by atoms with Gasteiger partial charge in [-0.2, -0.15) is 0 Å². The lowest BCUT2D eigenvalue weighted by atomic mass is 10.1. The number of aromatic nitrogens is 2. The van der Waals surface area contributed by atoms with Crippen molar-refractivity contribution >= 4 is 28.9 Å². The van der Waals surface area contributed by atoms with Gasteiger partial charge in [0.2, 0.25) is 5.91 Å². The summed E-state index contributed by atoms with van der Waals surface area (Å²) in [6.07, 6.45) is 2.92. The van der Waals surface area contributed by atoms with Crippen molar-refractivity contribution in [2.24, 2.45) is 5.92 Å². The van der Waals surface area contributed by atoms with Crippen LogP contribution in [-0.4, -0.2) is 33.5 Å². The fraction of sp³-hybridized carbons (Fsp3) is 0.227. The van der Waals surface area contributed by atoms with Gasteiger partial charge >= 0.3 is 0 Å². The maximum Gasteiger partial charge on any atom is 0.281 e. The van der Waals surface area contributed by atoms with Gasteiger partial charge < -0.3 is 10.6 Å². The van der Waals surface area contributed by atoms with E-state index >= 15 is 0 Å². The SMILES string of the molecule is CC(C)CC(=O)Nc1cnc2ccc(C(=O)NCC(=O)c3ccccc3)cn2c1=O. The highest BCUT2D eigenvalue weighted by atomic mass is 16.2. The molecule has 2 heterocycles. The van der Waals surface area contributed by atoms with Crippen LogP contribution in [0.15, 0.2) is 59.7 Å². The van der Waals surface area contributed by atoms with Crippen molar-refractivity contribution in [1.82, 2.24) is 14.7 Å². The minimum Gasteiger partial charge on any atom is -0.345 e. The van der Waals surface area contributed by atoms with Crippen LogP contribution in [-0.2, 0) is 4.79 Å². The maximum atomic E-state index is 12.7. The molecular weight excluding hydrogens is 384 g/mol. The Kier molecular flexibility index (Phi) is 6.36. The second-order valence-electron chi connectivity index (χ2n) is 7.24. The largest absolute Gasteiger partial charge is 0.345 e. The number of benzene rings is 1. The van der Waals surface area contributed by atoms with Gasteiger partial charge in [-0.25, -0.2) is 4.98 Å². The van der Waals surface area contributed by atoms with Gasteiger partial charge in [-0.1, -0.05) is 44.2 Å². The summed E-state index contributed by atoms with van der Waals surface area (Å²) >= 11 is 0. The quantitative estimate of drug-likeness (QED) is 0.585. The Bertz CT molecular complexity index is 1150. The molecule has 30 heavy (non-hydrogen) atoms. The van der Waals surface area contributed by atoms with Gasteiger partial charge in [-0.3, -0.25) is 23.6 Å². The lowest BCUT2D eigenvalue weighted by molar-refractivity contribution is -0.116. The predicted octanol–water partition coefficient (Wildman–Crippen LogP) is 2.29. The molecule has 2 aromatic heterocycles. The van der Waals surface area contributed by atoms with Gasteiger partial charge in [0, 0.05) is 18.2 Å². The van der Waals surface area contributed by atoms with Gasteiger partial charge in [0.25, 0.3) is 11.5 Å². The Morgan fingerprint density at radius 3 is 2.47 bits per heavy atom. The van der Waals surface area contributed by atoms with Crippen LogP contribution in [0.25, 0.3) is 5.65 Å². The Hall–Kier alpha value is -3.81. The number of carbonyl (C=O) groups is 3. The number of nitrogens with zero attached hydrogens (tertiary/aromatic N) is 2. The molecule has 0 atom stereocenters. The average Bonchev–Trinajstić information content (AvgIpc) is 2.73. The number of hydrogen-bond donors (Lipinski definition) is 2. The molecule has 8 nitrogen and oxygen atoms in total. The summed E-state index contributed by atoms with van der Waals surface area (Å²) in [5.41, 5.74) is 0.567. The van der Waals surface area contributed by atoms with Crippen LogP contribution < -0.4 is 16.2 Å². The number of pyridine rings is 1. The number of Topliss-reactive ketones (excluding diaryl/α,β-unsaturated/α-hetero) is 1. The normalized spacial score (nSPS) is 10.8. The first-order valence-electron chi connectivity index (χ1n) is 9.53. The molecule has 0 unspecified atom stereocenters. The van der Waals surface area contributed by atoms with Crippen molar-refractivity contribution in [2.75, 3.05) is 11.9 Å². The molecule has 1 aromatic carbocycles. The molecule has 0 saturated carbocycles. The number of anilines is 1. The molecule has 0 aliphatic heterocycles. The van der Waals surface area contributed by atoms with Crippen molar-refractivity contribution < 1.29 is 14.4 Å². The minimum absolute atomic E-state index is 0.0370. The highest BCUT2D eigenvalue weighted by Gasteiger charge is 2.13.